The molecular formula is C29H28Cl2. The fraction of sp³-hybridized carbons (Fsp3) is 0.379. The van der Waals surface area contributed by atoms with Gasteiger partial charge in [-0.05, 0) is 113 Å². The van der Waals surface area contributed by atoms with Gasteiger partial charge in [-0.3, -0.25) is 0 Å². The van der Waals surface area contributed by atoms with Crippen molar-refractivity contribution in [1.82, 2.24) is 0 Å². The Labute approximate surface area is 195 Å². The fourth-order valence-corrected chi connectivity index (χ4v) is 8.58. The van der Waals surface area contributed by atoms with Gasteiger partial charge in [-0.25, -0.2) is 0 Å². The van der Waals surface area contributed by atoms with Crippen LogP contribution >= 0.6 is 23.2 Å². The monoisotopic (exact) mass is 446 g/mol. The zero-order valence-electron chi connectivity index (χ0n) is 16.9. The van der Waals surface area contributed by atoms with E-state index < -0.39 is 0 Å². The van der Waals surface area contributed by atoms with E-state index in [9.17, 15) is 0 Å². The lowest BCUT2D eigenvalue weighted by Gasteiger charge is -2.61. The van der Waals surface area contributed by atoms with Gasteiger partial charge in [-0.1, -0.05) is 67.0 Å². The highest BCUT2D eigenvalue weighted by atomic mass is 35.5. The molecule has 0 amide bonds. The summed E-state index contributed by atoms with van der Waals surface area (Å²) in [6, 6.07) is 22.3. The maximum absolute atomic E-state index is 6.35. The van der Waals surface area contributed by atoms with Crippen LogP contribution in [0.25, 0.3) is 22.3 Å². The van der Waals surface area contributed by atoms with Gasteiger partial charge in [0.2, 0.25) is 0 Å². The van der Waals surface area contributed by atoms with Gasteiger partial charge in [-0.2, -0.15) is 0 Å². The molecule has 2 heteroatoms. The standard InChI is InChI=1S/C28H24Cl2.CH4/c29-22-12-19(13-23(30)15-22)18-5-6-25-24-3-1-2-4-26(24)28(27(25)14-18)20-8-16-7-17(10-20)11-21(28)9-16;/h1-6,12-17,20-21H,7-11H2;1H4. The molecule has 158 valence electrons. The van der Waals surface area contributed by atoms with Gasteiger partial charge in [0.1, 0.15) is 0 Å². The van der Waals surface area contributed by atoms with Crippen LogP contribution in [0.3, 0.4) is 0 Å². The number of benzene rings is 3. The van der Waals surface area contributed by atoms with Gasteiger partial charge in [0.05, 0.1) is 0 Å². The molecule has 3 aromatic carbocycles. The summed E-state index contributed by atoms with van der Waals surface area (Å²) in [5, 5.41) is 1.40. The minimum absolute atomic E-state index is 0. The maximum atomic E-state index is 6.35. The molecule has 0 unspecified atom stereocenters. The number of halogens is 2. The second kappa shape index (κ2) is 6.87. The Morgan fingerprint density at radius 1 is 0.613 bits per heavy atom. The van der Waals surface area contributed by atoms with Crippen molar-refractivity contribution in [3.8, 4) is 22.3 Å². The van der Waals surface area contributed by atoms with Gasteiger partial charge in [0.25, 0.3) is 0 Å². The van der Waals surface area contributed by atoms with Crippen molar-refractivity contribution in [2.24, 2.45) is 23.7 Å². The molecule has 31 heavy (non-hydrogen) atoms. The first-order valence-electron chi connectivity index (χ1n) is 11.3. The Balaban J connectivity index is 0.00000185. The molecule has 3 aromatic rings. The van der Waals surface area contributed by atoms with Gasteiger partial charge in [0.15, 0.2) is 0 Å². The summed E-state index contributed by atoms with van der Waals surface area (Å²) < 4.78 is 0. The zero-order valence-corrected chi connectivity index (χ0v) is 18.4. The third-order valence-electron chi connectivity index (χ3n) is 8.75. The molecule has 1 spiro atoms. The van der Waals surface area contributed by atoms with Gasteiger partial charge in [-0.15, -0.1) is 0 Å². The molecule has 5 aliphatic carbocycles. The predicted molar refractivity (Wildman–Crippen MR) is 132 cm³/mol. The summed E-state index contributed by atoms with van der Waals surface area (Å²) in [7, 11) is 0. The van der Waals surface area contributed by atoms with Crippen molar-refractivity contribution < 1.29 is 0 Å². The molecule has 0 aromatic heterocycles. The molecule has 0 N–H and O–H groups in total. The first kappa shape index (κ1) is 19.9. The average molecular weight is 447 g/mol. The topological polar surface area (TPSA) is 0 Å². The highest BCUT2D eigenvalue weighted by Crippen LogP contribution is 2.69. The lowest BCUT2D eigenvalue weighted by molar-refractivity contribution is -0.0399. The Kier molecular flexibility index (Phi) is 4.41. The smallest absolute Gasteiger partial charge is 0.0426 e. The van der Waals surface area contributed by atoms with Crippen molar-refractivity contribution in [3.05, 3.63) is 81.8 Å². The van der Waals surface area contributed by atoms with E-state index in [0.29, 0.717) is 10.0 Å². The molecule has 4 bridgehead atoms. The van der Waals surface area contributed by atoms with Crippen molar-refractivity contribution in [2.45, 2.75) is 44.9 Å². The van der Waals surface area contributed by atoms with Crippen LogP contribution in [0.2, 0.25) is 10.0 Å². The normalized spacial score (nSPS) is 31.4. The summed E-state index contributed by atoms with van der Waals surface area (Å²) in [4.78, 5) is 0. The summed E-state index contributed by atoms with van der Waals surface area (Å²) >= 11 is 12.7. The first-order valence-corrected chi connectivity index (χ1v) is 12.1. The lowest BCUT2D eigenvalue weighted by atomic mass is 9.43. The van der Waals surface area contributed by atoms with E-state index in [-0.39, 0.29) is 12.8 Å². The Morgan fingerprint density at radius 3 is 1.90 bits per heavy atom. The van der Waals surface area contributed by atoms with Crippen LogP contribution in [0, 0.1) is 23.7 Å². The SMILES string of the molecule is C.Clc1cc(Cl)cc(-c2ccc3c(c2)C2(c4ccccc4-3)C3CC4CC(C3)CC2C4)c1. The van der Waals surface area contributed by atoms with Crippen LogP contribution < -0.4 is 0 Å². The van der Waals surface area contributed by atoms with Crippen LogP contribution in [-0.2, 0) is 5.41 Å². The van der Waals surface area contributed by atoms with Crippen LogP contribution in [0.4, 0.5) is 0 Å². The van der Waals surface area contributed by atoms with E-state index in [1.165, 1.54) is 48.8 Å². The van der Waals surface area contributed by atoms with E-state index in [4.69, 9.17) is 23.2 Å². The molecule has 4 fully saturated rings. The summed E-state index contributed by atoms with van der Waals surface area (Å²) in [5.41, 5.74) is 8.66. The molecule has 0 atom stereocenters. The highest BCUT2D eigenvalue weighted by Gasteiger charge is 2.61. The minimum Gasteiger partial charge on any atom is -0.0843 e. The molecule has 4 saturated carbocycles. The summed E-state index contributed by atoms with van der Waals surface area (Å²) in [6.45, 7) is 0. The van der Waals surface area contributed by atoms with Crippen molar-refractivity contribution in [1.29, 1.82) is 0 Å². The van der Waals surface area contributed by atoms with E-state index in [1.54, 1.807) is 11.1 Å². The van der Waals surface area contributed by atoms with E-state index in [0.717, 1.165) is 29.2 Å². The minimum atomic E-state index is 0. The van der Waals surface area contributed by atoms with Crippen molar-refractivity contribution in [2.75, 3.05) is 0 Å². The third-order valence-corrected chi connectivity index (χ3v) is 9.19. The summed E-state index contributed by atoms with van der Waals surface area (Å²) in [5.74, 6) is 3.50. The van der Waals surface area contributed by atoms with E-state index >= 15 is 0 Å². The zero-order chi connectivity index (χ0) is 20.0. The van der Waals surface area contributed by atoms with Crippen LogP contribution in [0.1, 0.15) is 50.7 Å². The third kappa shape index (κ3) is 2.61. The highest BCUT2D eigenvalue weighted by molar-refractivity contribution is 6.35. The molecule has 0 aliphatic heterocycles. The van der Waals surface area contributed by atoms with E-state index in [1.807, 2.05) is 18.2 Å². The molecular weight excluding hydrogens is 419 g/mol. The predicted octanol–water partition coefficient (Wildman–Crippen LogP) is 9.02. The number of rotatable bonds is 1. The fourth-order valence-electron chi connectivity index (χ4n) is 8.05. The van der Waals surface area contributed by atoms with Crippen LogP contribution in [0.15, 0.2) is 60.7 Å². The Morgan fingerprint density at radius 2 is 1.23 bits per heavy atom. The number of hydrogen-bond donors (Lipinski definition) is 0. The van der Waals surface area contributed by atoms with Crippen molar-refractivity contribution >= 4 is 23.2 Å². The molecule has 0 nitrogen and oxygen atoms in total. The van der Waals surface area contributed by atoms with Crippen molar-refractivity contribution in [3.63, 3.8) is 0 Å². The first-order chi connectivity index (χ1) is 14.6. The molecule has 5 aliphatic rings. The average Bonchev–Trinajstić information content (AvgIpc) is 3.01. The molecule has 0 saturated heterocycles. The maximum Gasteiger partial charge on any atom is 0.0426 e. The number of hydrogen-bond acceptors (Lipinski definition) is 0. The second-order valence-corrected chi connectivity index (χ2v) is 11.0. The van der Waals surface area contributed by atoms with Gasteiger partial charge < -0.3 is 0 Å². The molecule has 0 heterocycles. The lowest BCUT2D eigenvalue weighted by Crippen LogP contribution is -2.55. The Hall–Kier alpha value is -1.76. The summed E-state index contributed by atoms with van der Waals surface area (Å²) in [6.07, 6.45) is 7.13. The van der Waals surface area contributed by atoms with E-state index in [2.05, 4.69) is 42.5 Å². The largest absolute Gasteiger partial charge is 0.0843 e. The quantitative estimate of drug-likeness (QED) is 0.349. The van der Waals surface area contributed by atoms with Gasteiger partial charge >= 0.3 is 0 Å². The number of fused-ring (bicyclic) bond motifs is 3. The molecule has 8 rings (SSSR count). The molecule has 0 radical (unpaired) electrons. The Bertz CT molecular complexity index is 1140. The van der Waals surface area contributed by atoms with Gasteiger partial charge in [0, 0.05) is 15.5 Å². The second-order valence-electron chi connectivity index (χ2n) is 10.1. The van der Waals surface area contributed by atoms with Crippen LogP contribution in [-0.4, -0.2) is 0 Å². The van der Waals surface area contributed by atoms with Crippen LogP contribution in [0.5, 0.6) is 0 Å².